The molecule has 1 aliphatic rings. The van der Waals surface area contributed by atoms with E-state index in [0.29, 0.717) is 13.2 Å². The summed E-state index contributed by atoms with van der Waals surface area (Å²) in [4.78, 5) is 12.9. The summed E-state index contributed by atoms with van der Waals surface area (Å²) < 4.78 is 5.64. The maximum atomic E-state index is 11.4. The Kier molecular flexibility index (Phi) is 12.8. The Hall–Kier alpha value is -0.810. The van der Waals surface area contributed by atoms with Gasteiger partial charge in [0.2, 0.25) is 0 Å². The zero-order valence-corrected chi connectivity index (χ0v) is 17.8. The Bertz CT molecular complexity index is 387. The molecule has 0 aliphatic carbocycles. The molecule has 27 heavy (non-hydrogen) atoms. The molecule has 1 heterocycles. The van der Waals surface area contributed by atoms with Crippen molar-refractivity contribution in [3.05, 3.63) is 0 Å². The molecule has 160 valence electrons. The molecular weight excluding hydrogens is 342 g/mol. The van der Waals surface area contributed by atoms with Gasteiger partial charge in [0.25, 0.3) is 0 Å². The fourth-order valence-electron chi connectivity index (χ4n) is 4.10. The van der Waals surface area contributed by atoms with Gasteiger partial charge in [-0.2, -0.15) is 0 Å². The lowest BCUT2D eigenvalue weighted by atomic mass is 10.0. The van der Waals surface area contributed by atoms with Crippen LogP contribution in [-0.2, 0) is 4.74 Å². The number of nitrogens with zero attached hydrogens (tertiary/aromatic N) is 1. The molecule has 0 unspecified atom stereocenters. The van der Waals surface area contributed by atoms with Crippen molar-refractivity contribution in [2.45, 2.75) is 122 Å². The number of carboxylic acid groups (broad SMARTS) is 1. The third kappa shape index (κ3) is 10.3. The number of aliphatic hydroxyl groups is 1. The first-order valence-corrected chi connectivity index (χ1v) is 11.3. The predicted molar refractivity (Wildman–Crippen MR) is 110 cm³/mol. The molecule has 1 atom stereocenters. The second-order valence-electron chi connectivity index (χ2n) is 8.53. The maximum Gasteiger partial charge on any atom is 0.409 e. The summed E-state index contributed by atoms with van der Waals surface area (Å²) in [6.07, 6.45) is 17.7. The lowest BCUT2D eigenvalue weighted by Crippen LogP contribution is -2.47. The van der Waals surface area contributed by atoms with Crippen LogP contribution >= 0.6 is 0 Å². The first-order valence-electron chi connectivity index (χ1n) is 11.3. The Morgan fingerprint density at radius 2 is 1.26 bits per heavy atom. The summed E-state index contributed by atoms with van der Waals surface area (Å²) in [5, 5.41) is 18.1. The third-order valence-corrected chi connectivity index (χ3v) is 5.73. The topological polar surface area (TPSA) is 70.0 Å². The van der Waals surface area contributed by atoms with Gasteiger partial charge in [-0.15, -0.1) is 0 Å². The Balaban J connectivity index is 1.88. The van der Waals surface area contributed by atoms with Crippen LogP contribution in [0, 0.1) is 0 Å². The largest absolute Gasteiger partial charge is 0.465 e. The van der Waals surface area contributed by atoms with Crippen LogP contribution in [0.2, 0.25) is 0 Å². The summed E-state index contributed by atoms with van der Waals surface area (Å²) in [5.41, 5.74) is -0.685. The van der Waals surface area contributed by atoms with Gasteiger partial charge in [0.05, 0.1) is 12.6 Å². The monoisotopic (exact) mass is 385 g/mol. The van der Waals surface area contributed by atoms with Crippen LogP contribution in [0.25, 0.3) is 0 Å². The van der Waals surface area contributed by atoms with Crippen LogP contribution in [0.3, 0.4) is 0 Å². The van der Waals surface area contributed by atoms with Gasteiger partial charge < -0.3 is 14.9 Å². The van der Waals surface area contributed by atoms with Gasteiger partial charge in [0, 0.05) is 6.61 Å². The summed E-state index contributed by atoms with van der Waals surface area (Å²) >= 11 is 0. The zero-order valence-electron chi connectivity index (χ0n) is 17.8. The normalized spacial score (nSPS) is 18.9. The van der Waals surface area contributed by atoms with E-state index in [-0.39, 0.29) is 6.04 Å². The fraction of sp³-hybridized carbons (Fsp3) is 0.955. The van der Waals surface area contributed by atoms with Crippen LogP contribution < -0.4 is 0 Å². The lowest BCUT2D eigenvalue weighted by molar-refractivity contribution is -0.0421. The van der Waals surface area contributed by atoms with Crippen molar-refractivity contribution < 1.29 is 19.7 Å². The van der Waals surface area contributed by atoms with E-state index in [1.54, 1.807) is 0 Å². The zero-order chi connectivity index (χ0) is 20.0. The molecule has 0 saturated carbocycles. The maximum absolute atomic E-state index is 11.4. The number of rotatable bonds is 16. The van der Waals surface area contributed by atoms with Gasteiger partial charge >= 0.3 is 6.09 Å². The average molecular weight is 386 g/mol. The molecule has 5 heteroatoms. The first-order chi connectivity index (χ1) is 13.0. The predicted octanol–water partition coefficient (Wildman–Crippen LogP) is 5.95. The highest BCUT2D eigenvalue weighted by atomic mass is 16.5. The number of aliphatic hydroxyl groups excluding tert-OH is 1. The number of hydrogen-bond acceptors (Lipinski definition) is 3. The van der Waals surface area contributed by atoms with Crippen LogP contribution in [0.1, 0.15) is 110 Å². The number of carbonyl (C=O) groups is 1. The van der Waals surface area contributed by atoms with Crippen molar-refractivity contribution in [3.8, 4) is 0 Å². The second-order valence-corrected chi connectivity index (χ2v) is 8.53. The van der Waals surface area contributed by atoms with E-state index in [0.717, 1.165) is 19.3 Å². The van der Waals surface area contributed by atoms with Gasteiger partial charge in [-0.05, 0) is 26.7 Å². The molecule has 5 nitrogen and oxygen atoms in total. The molecule has 0 aromatic carbocycles. The second kappa shape index (κ2) is 14.2. The third-order valence-electron chi connectivity index (χ3n) is 5.73. The average Bonchev–Trinajstić information content (AvgIpc) is 2.93. The summed E-state index contributed by atoms with van der Waals surface area (Å²) in [6.45, 7) is 4.53. The molecule has 0 aromatic heterocycles. The van der Waals surface area contributed by atoms with Gasteiger partial charge in [0.1, 0.15) is 5.72 Å². The van der Waals surface area contributed by atoms with Crippen molar-refractivity contribution in [3.63, 3.8) is 0 Å². The molecule has 0 aromatic rings. The van der Waals surface area contributed by atoms with Crippen molar-refractivity contribution in [2.24, 2.45) is 0 Å². The van der Waals surface area contributed by atoms with Crippen LogP contribution in [0.4, 0.5) is 4.79 Å². The smallest absolute Gasteiger partial charge is 0.409 e. The standard InChI is InChI=1S/C22H43NO4/c1-22(2)23(21(25)26)20(19-27-22)17-15-13-11-9-7-5-3-4-6-8-10-12-14-16-18-24/h20,24H,3-19H2,1-2H3,(H,25,26)/t20-/m1/s1. The number of amides is 1. The molecule has 1 rings (SSSR count). The molecule has 1 aliphatic heterocycles. The molecule has 1 amide bonds. The van der Waals surface area contributed by atoms with Crippen molar-refractivity contribution in [1.29, 1.82) is 0 Å². The molecule has 0 radical (unpaired) electrons. The summed E-state index contributed by atoms with van der Waals surface area (Å²) in [7, 11) is 0. The molecule has 1 saturated heterocycles. The van der Waals surface area contributed by atoms with Gasteiger partial charge in [-0.25, -0.2) is 4.79 Å². The SMILES string of the molecule is CC1(C)OC[C@@H](CCCCCCCCCCCCCCCCO)N1C(=O)O. The van der Waals surface area contributed by atoms with E-state index in [1.807, 2.05) is 13.8 Å². The van der Waals surface area contributed by atoms with Crippen molar-refractivity contribution in [2.75, 3.05) is 13.2 Å². The van der Waals surface area contributed by atoms with E-state index < -0.39 is 11.8 Å². The van der Waals surface area contributed by atoms with E-state index >= 15 is 0 Å². The number of ether oxygens (including phenoxy) is 1. The number of hydrogen-bond donors (Lipinski definition) is 2. The molecule has 1 fully saturated rings. The highest BCUT2D eigenvalue weighted by molar-refractivity contribution is 5.66. The highest BCUT2D eigenvalue weighted by Gasteiger charge is 2.43. The van der Waals surface area contributed by atoms with Crippen molar-refractivity contribution in [1.82, 2.24) is 4.90 Å². The Morgan fingerprint density at radius 1 is 0.852 bits per heavy atom. The van der Waals surface area contributed by atoms with E-state index in [4.69, 9.17) is 9.84 Å². The summed E-state index contributed by atoms with van der Waals surface area (Å²) in [6, 6.07) is 0.0149. The van der Waals surface area contributed by atoms with Gasteiger partial charge in [-0.3, -0.25) is 4.90 Å². The fourth-order valence-corrected chi connectivity index (χ4v) is 4.10. The Labute approximate surface area is 166 Å². The quantitative estimate of drug-likeness (QED) is 0.322. The minimum Gasteiger partial charge on any atom is -0.465 e. The molecule has 2 N–H and O–H groups in total. The van der Waals surface area contributed by atoms with Crippen LogP contribution in [0.5, 0.6) is 0 Å². The summed E-state index contributed by atoms with van der Waals surface area (Å²) in [5.74, 6) is 0. The van der Waals surface area contributed by atoms with E-state index in [1.165, 1.54) is 81.9 Å². The minimum atomic E-state index is -0.868. The molecular formula is C22H43NO4. The van der Waals surface area contributed by atoms with Crippen molar-refractivity contribution >= 4 is 6.09 Å². The van der Waals surface area contributed by atoms with Crippen LogP contribution in [0.15, 0.2) is 0 Å². The van der Waals surface area contributed by atoms with E-state index in [2.05, 4.69) is 0 Å². The van der Waals surface area contributed by atoms with E-state index in [9.17, 15) is 9.90 Å². The van der Waals surface area contributed by atoms with Gasteiger partial charge in [0.15, 0.2) is 0 Å². The van der Waals surface area contributed by atoms with Crippen LogP contribution in [-0.4, -0.2) is 46.2 Å². The number of unbranched alkanes of at least 4 members (excludes halogenated alkanes) is 13. The minimum absolute atomic E-state index is 0.0149. The molecule has 0 bridgehead atoms. The van der Waals surface area contributed by atoms with Gasteiger partial charge in [-0.1, -0.05) is 83.5 Å². The highest BCUT2D eigenvalue weighted by Crippen LogP contribution is 2.30. The molecule has 0 spiro atoms. The Morgan fingerprint density at radius 3 is 1.67 bits per heavy atom. The lowest BCUT2D eigenvalue weighted by Gasteiger charge is -2.30. The first kappa shape index (κ1) is 24.2.